The Morgan fingerprint density at radius 1 is 1.55 bits per heavy atom. The first kappa shape index (κ1) is 9.71. The predicted octanol–water partition coefficient (Wildman–Crippen LogP) is 0.244. The van der Waals surface area contributed by atoms with Crippen molar-refractivity contribution < 1.29 is 0 Å². The zero-order valence-electron chi connectivity index (χ0n) is 6.72. The van der Waals surface area contributed by atoms with Crippen LogP contribution in [0.15, 0.2) is 29.4 Å². The highest BCUT2D eigenvalue weighted by Crippen LogP contribution is 2.07. The van der Waals surface area contributed by atoms with Crippen molar-refractivity contribution >= 4 is 5.84 Å². The maximum atomic E-state index is 5.10. The highest BCUT2D eigenvalue weighted by molar-refractivity contribution is 5.84. The van der Waals surface area contributed by atoms with E-state index in [0.717, 1.165) is 11.1 Å². The zero-order chi connectivity index (χ0) is 8.85. The molecule has 0 aromatic rings. The fraction of sp³-hybridized carbons (Fsp3) is 0.286. The lowest BCUT2D eigenvalue weighted by Gasteiger charge is -2.05. The molecule has 0 radical (unpaired) electrons. The Labute approximate surface area is 66.6 Å². The Hall–Kier alpha value is -1.29. The van der Waals surface area contributed by atoms with Crippen LogP contribution in [0.2, 0.25) is 0 Å². The van der Waals surface area contributed by atoms with Gasteiger partial charge in [0.05, 0.1) is 0 Å². The summed E-state index contributed by atoms with van der Waals surface area (Å²) in [6, 6.07) is 0. The van der Waals surface area contributed by atoms with Crippen LogP contribution in [0.25, 0.3) is 0 Å². The number of rotatable bonds is 3. The third-order valence-corrected chi connectivity index (χ3v) is 1.31. The maximum absolute atomic E-state index is 5.10. The molecule has 0 aliphatic rings. The van der Waals surface area contributed by atoms with Gasteiger partial charge in [0.25, 0.3) is 0 Å². The Kier molecular flexibility index (Phi) is 3.98. The molecule has 0 amide bonds. The molecule has 4 heteroatoms. The molecule has 0 fully saturated rings. The summed E-state index contributed by atoms with van der Waals surface area (Å²) >= 11 is 0. The minimum atomic E-state index is 0.498. The second kappa shape index (κ2) is 4.51. The first-order valence-electron chi connectivity index (χ1n) is 3.18. The smallest absolute Gasteiger partial charge is 0.140 e. The molecule has 62 valence electrons. The molecule has 0 rings (SSSR count). The van der Waals surface area contributed by atoms with Gasteiger partial charge in [-0.1, -0.05) is 18.7 Å². The Morgan fingerprint density at radius 3 is 2.36 bits per heavy atom. The van der Waals surface area contributed by atoms with E-state index >= 15 is 0 Å². The average Bonchev–Trinajstić information content (AvgIpc) is 1.99. The molecule has 0 saturated carbocycles. The van der Waals surface area contributed by atoms with Gasteiger partial charge in [0.2, 0.25) is 0 Å². The van der Waals surface area contributed by atoms with Gasteiger partial charge in [-0.3, -0.25) is 0 Å². The summed E-state index contributed by atoms with van der Waals surface area (Å²) in [5.74, 6) is 10.6. The van der Waals surface area contributed by atoms with Crippen molar-refractivity contribution in [2.24, 2.45) is 16.8 Å². The van der Waals surface area contributed by atoms with E-state index in [-0.39, 0.29) is 0 Å². The fourth-order valence-electron chi connectivity index (χ4n) is 0.487. The molecule has 0 spiro atoms. The summed E-state index contributed by atoms with van der Waals surface area (Å²) in [5, 5.41) is 3.41. The summed E-state index contributed by atoms with van der Waals surface area (Å²) in [6.45, 7) is 9.34. The lowest BCUT2D eigenvalue weighted by molar-refractivity contribution is 0.966. The van der Waals surface area contributed by atoms with Crippen LogP contribution in [-0.2, 0) is 0 Å². The molecule has 0 heterocycles. The van der Waals surface area contributed by atoms with Crippen molar-refractivity contribution in [2.75, 3.05) is 0 Å². The molecule has 0 unspecified atom stereocenters. The monoisotopic (exact) mass is 154 g/mol. The fourth-order valence-corrected chi connectivity index (χ4v) is 0.487. The average molecular weight is 154 g/mol. The lowest BCUT2D eigenvalue weighted by Crippen LogP contribution is -2.31. The largest absolute Gasteiger partial charge is 0.322 e. The first-order chi connectivity index (χ1) is 5.11. The van der Waals surface area contributed by atoms with E-state index in [1.807, 2.05) is 6.92 Å². The van der Waals surface area contributed by atoms with Gasteiger partial charge in [0, 0.05) is 6.42 Å². The summed E-state index contributed by atoms with van der Waals surface area (Å²) in [4.78, 5) is 0. The van der Waals surface area contributed by atoms with E-state index < -0.39 is 0 Å². The van der Waals surface area contributed by atoms with E-state index in [9.17, 15) is 0 Å². The summed E-state index contributed by atoms with van der Waals surface area (Å²) in [6.07, 6.45) is 0.516. The van der Waals surface area contributed by atoms with Crippen molar-refractivity contribution in [3.8, 4) is 0 Å². The number of hydrogen-bond acceptors (Lipinski definition) is 3. The van der Waals surface area contributed by atoms with Crippen molar-refractivity contribution in [3.05, 3.63) is 24.3 Å². The van der Waals surface area contributed by atoms with Gasteiger partial charge in [-0.15, -0.1) is 0 Å². The van der Waals surface area contributed by atoms with Gasteiger partial charge in [-0.2, -0.15) is 5.10 Å². The molecule has 5 N–H and O–H groups in total. The lowest BCUT2D eigenvalue weighted by atomic mass is 10.1. The summed E-state index contributed by atoms with van der Waals surface area (Å²) in [7, 11) is 0. The SMILES string of the molecule is C=C(C)C(=C)C/C(=N/N)NN. The van der Waals surface area contributed by atoms with E-state index in [0.29, 0.717) is 12.3 Å². The molecular formula is C7H14N4. The first-order valence-corrected chi connectivity index (χ1v) is 3.18. The van der Waals surface area contributed by atoms with E-state index in [1.54, 1.807) is 0 Å². The van der Waals surface area contributed by atoms with E-state index in [1.165, 1.54) is 0 Å². The number of nitrogens with zero attached hydrogens (tertiary/aromatic N) is 1. The Morgan fingerprint density at radius 2 is 2.09 bits per heavy atom. The van der Waals surface area contributed by atoms with Crippen molar-refractivity contribution in [2.45, 2.75) is 13.3 Å². The predicted molar refractivity (Wildman–Crippen MR) is 47.5 cm³/mol. The van der Waals surface area contributed by atoms with Gasteiger partial charge in [-0.25, -0.2) is 5.84 Å². The van der Waals surface area contributed by atoms with Crippen molar-refractivity contribution in [1.82, 2.24) is 5.43 Å². The molecule has 0 bridgehead atoms. The molecule has 0 aliphatic carbocycles. The van der Waals surface area contributed by atoms with Gasteiger partial charge in [0.1, 0.15) is 5.84 Å². The standard InChI is InChI=1S/C7H14N4/c1-5(2)6(3)4-7(10-8)11-9/h1,3-4,8-9H2,2H3,(H,10,11). The maximum Gasteiger partial charge on any atom is 0.140 e. The summed E-state index contributed by atoms with van der Waals surface area (Å²) in [5.41, 5.74) is 4.13. The molecular weight excluding hydrogens is 140 g/mol. The zero-order valence-corrected chi connectivity index (χ0v) is 6.72. The van der Waals surface area contributed by atoms with Gasteiger partial charge >= 0.3 is 0 Å². The van der Waals surface area contributed by atoms with Gasteiger partial charge < -0.3 is 11.3 Å². The van der Waals surface area contributed by atoms with Crippen LogP contribution in [0.5, 0.6) is 0 Å². The van der Waals surface area contributed by atoms with Crippen molar-refractivity contribution in [1.29, 1.82) is 0 Å². The van der Waals surface area contributed by atoms with Crippen LogP contribution in [0.4, 0.5) is 0 Å². The third kappa shape index (κ3) is 3.42. The van der Waals surface area contributed by atoms with Crippen LogP contribution in [-0.4, -0.2) is 5.84 Å². The van der Waals surface area contributed by atoms with Gasteiger partial charge in [0.15, 0.2) is 0 Å². The van der Waals surface area contributed by atoms with Crippen molar-refractivity contribution in [3.63, 3.8) is 0 Å². The number of hydrogen-bond donors (Lipinski definition) is 3. The van der Waals surface area contributed by atoms with Crippen LogP contribution in [0.3, 0.4) is 0 Å². The second-order valence-electron chi connectivity index (χ2n) is 2.28. The molecule has 4 nitrogen and oxygen atoms in total. The number of nitrogens with two attached hydrogens (primary N) is 2. The second-order valence-corrected chi connectivity index (χ2v) is 2.28. The number of hydrazone groups is 1. The van der Waals surface area contributed by atoms with Crippen LogP contribution >= 0.6 is 0 Å². The third-order valence-electron chi connectivity index (χ3n) is 1.31. The Bertz CT molecular complexity index is 193. The van der Waals surface area contributed by atoms with Crippen LogP contribution in [0.1, 0.15) is 13.3 Å². The van der Waals surface area contributed by atoms with Gasteiger partial charge in [-0.05, 0) is 12.5 Å². The van der Waals surface area contributed by atoms with E-state index in [4.69, 9.17) is 11.7 Å². The topological polar surface area (TPSA) is 76.4 Å². The number of nitrogens with one attached hydrogen (secondary N) is 1. The molecule has 0 saturated heterocycles. The normalized spacial score (nSPS) is 10.9. The molecule has 0 aliphatic heterocycles. The summed E-state index contributed by atoms with van der Waals surface area (Å²) < 4.78 is 0. The Balaban J connectivity index is 4.04. The molecule has 0 atom stereocenters. The molecule has 0 aromatic heterocycles. The van der Waals surface area contributed by atoms with Crippen LogP contribution < -0.4 is 17.1 Å². The van der Waals surface area contributed by atoms with Crippen LogP contribution in [0, 0.1) is 0 Å². The highest BCUT2D eigenvalue weighted by atomic mass is 15.3. The molecule has 0 aromatic carbocycles. The minimum Gasteiger partial charge on any atom is -0.322 e. The number of hydrazine groups is 1. The number of allylic oxidation sites excluding steroid dienone is 1. The highest BCUT2D eigenvalue weighted by Gasteiger charge is 1.99. The molecule has 11 heavy (non-hydrogen) atoms. The van der Waals surface area contributed by atoms with E-state index in [2.05, 4.69) is 23.7 Å². The minimum absolute atomic E-state index is 0.498. The number of amidine groups is 1. The quantitative estimate of drug-likeness (QED) is 0.179.